The smallest absolute Gasteiger partial charge is 0.164 e. The Balaban J connectivity index is 1.04. The molecule has 0 aliphatic heterocycles. The van der Waals surface area contributed by atoms with Gasteiger partial charge >= 0.3 is 0 Å². The van der Waals surface area contributed by atoms with Gasteiger partial charge in [0.1, 0.15) is 11.2 Å². The third-order valence-corrected chi connectivity index (χ3v) is 9.94. The molecular formula is C49H31N3O. The number of benzene rings is 8. The molecule has 0 fully saturated rings. The number of fused-ring (bicyclic) bond motifs is 5. The molecule has 0 amide bonds. The number of nitrogens with zero attached hydrogens (tertiary/aromatic N) is 3. The molecular weight excluding hydrogens is 647 g/mol. The number of hydrogen-bond donors (Lipinski definition) is 0. The average Bonchev–Trinajstić information content (AvgIpc) is 3.63. The van der Waals surface area contributed by atoms with E-state index < -0.39 is 0 Å². The maximum absolute atomic E-state index is 6.82. The van der Waals surface area contributed by atoms with Crippen LogP contribution in [0.3, 0.4) is 0 Å². The van der Waals surface area contributed by atoms with Crippen LogP contribution in [-0.2, 0) is 0 Å². The van der Waals surface area contributed by atoms with Crippen LogP contribution in [0.25, 0.3) is 100 Å². The lowest BCUT2D eigenvalue weighted by Crippen LogP contribution is -2.00. The van der Waals surface area contributed by atoms with Gasteiger partial charge in [-0.1, -0.05) is 176 Å². The summed E-state index contributed by atoms with van der Waals surface area (Å²) in [5.41, 5.74) is 11.4. The van der Waals surface area contributed by atoms with Gasteiger partial charge in [0.2, 0.25) is 0 Å². The summed E-state index contributed by atoms with van der Waals surface area (Å²) in [4.78, 5) is 14.7. The molecule has 0 N–H and O–H groups in total. The van der Waals surface area contributed by atoms with Crippen LogP contribution in [0.4, 0.5) is 0 Å². The third-order valence-electron chi connectivity index (χ3n) is 9.94. The molecule has 2 heterocycles. The maximum Gasteiger partial charge on any atom is 0.164 e. The predicted octanol–water partition coefficient (Wildman–Crippen LogP) is 12.9. The van der Waals surface area contributed by atoms with Crippen LogP contribution in [0.5, 0.6) is 0 Å². The van der Waals surface area contributed by atoms with Gasteiger partial charge in [-0.05, 0) is 45.3 Å². The third kappa shape index (κ3) is 5.54. The second kappa shape index (κ2) is 12.9. The lowest BCUT2D eigenvalue weighted by molar-refractivity contribution is 0.674. The summed E-state index contributed by atoms with van der Waals surface area (Å²) >= 11 is 0. The highest BCUT2D eigenvalue weighted by Crippen LogP contribution is 2.42. The van der Waals surface area contributed by atoms with Crippen molar-refractivity contribution in [3.8, 4) is 67.5 Å². The molecule has 0 bridgehead atoms. The minimum absolute atomic E-state index is 0.637. The molecule has 0 radical (unpaired) electrons. The van der Waals surface area contributed by atoms with Gasteiger partial charge in [0.25, 0.3) is 0 Å². The average molecular weight is 678 g/mol. The Morgan fingerprint density at radius 2 is 0.717 bits per heavy atom. The van der Waals surface area contributed by atoms with Gasteiger partial charge in [-0.15, -0.1) is 0 Å². The second-order valence-electron chi connectivity index (χ2n) is 13.2. The quantitative estimate of drug-likeness (QED) is 0.176. The number of aromatic nitrogens is 3. The first-order valence-electron chi connectivity index (χ1n) is 17.8. The number of para-hydroxylation sites is 1. The topological polar surface area (TPSA) is 51.8 Å². The molecule has 4 heteroatoms. The summed E-state index contributed by atoms with van der Waals surface area (Å²) in [5.74, 6) is 1.93. The molecule has 248 valence electrons. The van der Waals surface area contributed by atoms with Crippen LogP contribution in [0.2, 0.25) is 0 Å². The van der Waals surface area contributed by atoms with Gasteiger partial charge < -0.3 is 4.42 Å². The Morgan fingerprint density at radius 3 is 1.36 bits per heavy atom. The molecule has 0 atom stereocenters. The van der Waals surface area contributed by atoms with Crippen molar-refractivity contribution < 1.29 is 4.42 Å². The van der Waals surface area contributed by atoms with Crippen molar-refractivity contribution in [3.05, 3.63) is 188 Å². The lowest BCUT2D eigenvalue weighted by atomic mass is 9.94. The summed E-state index contributed by atoms with van der Waals surface area (Å²) in [6.07, 6.45) is 0. The largest absolute Gasteiger partial charge is 0.455 e. The van der Waals surface area contributed by atoms with Crippen molar-refractivity contribution in [2.45, 2.75) is 0 Å². The molecule has 0 aliphatic carbocycles. The summed E-state index contributed by atoms with van der Waals surface area (Å²) < 4.78 is 6.82. The fraction of sp³-hybridized carbons (Fsp3) is 0. The van der Waals surface area contributed by atoms with Crippen LogP contribution in [0, 0.1) is 0 Å². The van der Waals surface area contributed by atoms with E-state index in [1.54, 1.807) is 0 Å². The fourth-order valence-corrected chi connectivity index (χ4v) is 7.32. The van der Waals surface area contributed by atoms with E-state index >= 15 is 0 Å². The molecule has 0 saturated heterocycles. The van der Waals surface area contributed by atoms with Crippen molar-refractivity contribution in [1.82, 2.24) is 15.0 Å². The van der Waals surface area contributed by atoms with E-state index in [0.717, 1.165) is 66.3 Å². The zero-order chi connectivity index (χ0) is 35.1. The van der Waals surface area contributed by atoms with Gasteiger partial charge in [0.15, 0.2) is 17.5 Å². The van der Waals surface area contributed by atoms with Gasteiger partial charge in [-0.3, -0.25) is 0 Å². The van der Waals surface area contributed by atoms with E-state index in [4.69, 9.17) is 19.4 Å². The zero-order valence-corrected chi connectivity index (χ0v) is 28.6. The normalized spacial score (nSPS) is 11.4. The minimum atomic E-state index is 0.637. The monoisotopic (exact) mass is 677 g/mol. The van der Waals surface area contributed by atoms with Gasteiger partial charge in [0.05, 0.1) is 0 Å². The molecule has 2 aromatic heterocycles. The minimum Gasteiger partial charge on any atom is -0.455 e. The Hall–Kier alpha value is -7.17. The molecule has 4 nitrogen and oxygen atoms in total. The predicted molar refractivity (Wildman–Crippen MR) is 217 cm³/mol. The molecule has 10 aromatic rings. The van der Waals surface area contributed by atoms with Crippen LogP contribution < -0.4 is 0 Å². The van der Waals surface area contributed by atoms with E-state index in [9.17, 15) is 0 Å². The summed E-state index contributed by atoms with van der Waals surface area (Å²) in [5, 5.41) is 4.53. The molecule has 0 saturated carbocycles. The highest BCUT2D eigenvalue weighted by atomic mass is 16.3. The Labute approximate surface area is 306 Å². The van der Waals surface area contributed by atoms with E-state index in [0.29, 0.717) is 17.5 Å². The SMILES string of the molecule is c1ccc(-c2nc(-c3ccccc3)nc(-c3ccc(-c4cccc(-c5cccc6c5oc5c7ccccc7c(-c7ccccc7)cc65)c4)cc3)n2)cc1. The van der Waals surface area contributed by atoms with E-state index in [-0.39, 0.29) is 0 Å². The number of furan rings is 1. The molecule has 0 aliphatic rings. The summed E-state index contributed by atoms with van der Waals surface area (Å²) in [7, 11) is 0. The summed E-state index contributed by atoms with van der Waals surface area (Å²) in [6.45, 7) is 0. The van der Waals surface area contributed by atoms with Crippen molar-refractivity contribution in [1.29, 1.82) is 0 Å². The highest BCUT2D eigenvalue weighted by molar-refractivity contribution is 6.20. The van der Waals surface area contributed by atoms with Crippen LogP contribution >= 0.6 is 0 Å². The zero-order valence-electron chi connectivity index (χ0n) is 28.6. The van der Waals surface area contributed by atoms with Crippen molar-refractivity contribution in [2.75, 3.05) is 0 Å². The fourth-order valence-electron chi connectivity index (χ4n) is 7.32. The first-order valence-corrected chi connectivity index (χ1v) is 17.8. The Bertz CT molecular complexity index is 2860. The highest BCUT2D eigenvalue weighted by Gasteiger charge is 2.18. The van der Waals surface area contributed by atoms with Crippen molar-refractivity contribution in [3.63, 3.8) is 0 Å². The van der Waals surface area contributed by atoms with Crippen LogP contribution in [-0.4, -0.2) is 15.0 Å². The number of rotatable bonds is 6. The van der Waals surface area contributed by atoms with Gasteiger partial charge in [0, 0.05) is 38.4 Å². The standard InChI is InChI=1S/C49H31N3O/c1-4-14-33(15-5-1)43-31-44-42-25-13-24-39(45(42)53-46(44)41-23-11-10-22-40(41)43)38-21-12-20-37(30-38)32-26-28-36(29-27-32)49-51-47(34-16-6-2-7-17-34)50-48(52-49)35-18-8-3-9-19-35/h1-31H. The van der Waals surface area contributed by atoms with E-state index in [1.807, 2.05) is 60.7 Å². The summed E-state index contributed by atoms with van der Waals surface area (Å²) in [6, 6.07) is 65.1. The molecule has 53 heavy (non-hydrogen) atoms. The molecule has 10 rings (SSSR count). The first kappa shape index (κ1) is 30.6. The first-order chi connectivity index (χ1) is 26.3. The number of hydrogen-bond acceptors (Lipinski definition) is 4. The van der Waals surface area contributed by atoms with Crippen LogP contribution in [0.1, 0.15) is 0 Å². The molecule has 0 unspecified atom stereocenters. The van der Waals surface area contributed by atoms with Crippen molar-refractivity contribution >= 4 is 32.7 Å². The second-order valence-corrected chi connectivity index (χ2v) is 13.2. The van der Waals surface area contributed by atoms with Gasteiger partial charge in [-0.2, -0.15) is 0 Å². The Morgan fingerprint density at radius 1 is 0.264 bits per heavy atom. The lowest BCUT2D eigenvalue weighted by Gasteiger charge is -2.10. The Kier molecular flexibility index (Phi) is 7.43. The van der Waals surface area contributed by atoms with E-state index in [1.165, 1.54) is 16.5 Å². The maximum atomic E-state index is 6.82. The van der Waals surface area contributed by atoms with Crippen molar-refractivity contribution in [2.24, 2.45) is 0 Å². The molecule has 0 spiro atoms. The van der Waals surface area contributed by atoms with Crippen LogP contribution in [0.15, 0.2) is 192 Å². The van der Waals surface area contributed by atoms with E-state index in [2.05, 4.69) is 127 Å². The van der Waals surface area contributed by atoms with Gasteiger partial charge in [-0.25, -0.2) is 15.0 Å². The molecule has 8 aromatic carbocycles.